The fourth-order valence-electron chi connectivity index (χ4n) is 2.25. The van der Waals surface area contributed by atoms with Crippen LogP contribution < -0.4 is 10.2 Å². The molecule has 0 aromatic carbocycles. The topological polar surface area (TPSA) is 63.7 Å². The van der Waals surface area contributed by atoms with Gasteiger partial charge in [-0.05, 0) is 24.5 Å². The third-order valence-electron chi connectivity index (χ3n) is 3.66. The summed E-state index contributed by atoms with van der Waals surface area (Å²) >= 11 is 0. The number of carbonyl (C=O) groups is 1. The number of nitrogens with zero attached hydrogens (tertiary/aromatic N) is 2. The fraction of sp³-hybridized carbons (Fsp3) is 0.647. The SMILES string of the molecule is CC(C)CO[C@@H](C)C(=O)NCc1ccc(N2CCOCC2)nc1. The first-order valence-electron chi connectivity index (χ1n) is 8.23. The molecule has 1 aliphatic heterocycles. The molecular weight excluding hydrogens is 294 g/mol. The van der Waals surface area contributed by atoms with Gasteiger partial charge in [-0.15, -0.1) is 0 Å². The summed E-state index contributed by atoms with van der Waals surface area (Å²) < 4.78 is 10.8. The summed E-state index contributed by atoms with van der Waals surface area (Å²) in [6.45, 7) is 10.2. The molecule has 0 radical (unpaired) electrons. The Morgan fingerprint density at radius 1 is 1.35 bits per heavy atom. The lowest BCUT2D eigenvalue weighted by Crippen LogP contribution is -2.36. The third-order valence-corrected chi connectivity index (χ3v) is 3.66. The van der Waals surface area contributed by atoms with E-state index in [9.17, 15) is 4.79 Å². The van der Waals surface area contributed by atoms with Gasteiger partial charge < -0.3 is 19.7 Å². The summed E-state index contributed by atoms with van der Waals surface area (Å²) in [5, 5.41) is 2.88. The molecule has 128 valence electrons. The molecule has 6 nitrogen and oxygen atoms in total. The highest BCUT2D eigenvalue weighted by Gasteiger charge is 2.14. The Morgan fingerprint density at radius 3 is 2.70 bits per heavy atom. The van der Waals surface area contributed by atoms with Gasteiger partial charge in [-0.25, -0.2) is 4.98 Å². The highest BCUT2D eigenvalue weighted by Crippen LogP contribution is 2.13. The highest BCUT2D eigenvalue weighted by molar-refractivity contribution is 5.80. The summed E-state index contributed by atoms with van der Waals surface area (Å²) in [5.74, 6) is 1.28. The lowest BCUT2D eigenvalue weighted by molar-refractivity contribution is -0.132. The van der Waals surface area contributed by atoms with Gasteiger partial charge in [0.15, 0.2) is 0 Å². The largest absolute Gasteiger partial charge is 0.378 e. The molecule has 1 fully saturated rings. The van der Waals surface area contributed by atoms with Crippen molar-refractivity contribution < 1.29 is 14.3 Å². The maximum absolute atomic E-state index is 12.0. The first-order valence-corrected chi connectivity index (χ1v) is 8.23. The van der Waals surface area contributed by atoms with Crippen molar-refractivity contribution in [1.82, 2.24) is 10.3 Å². The number of anilines is 1. The average molecular weight is 321 g/mol. The Labute approximate surface area is 138 Å². The number of hydrogen-bond donors (Lipinski definition) is 1. The zero-order chi connectivity index (χ0) is 16.7. The van der Waals surface area contributed by atoms with E-state index in [-0.39, 0.29) is 5.91 Å². The third kappa shape index (κ3) is 5.80. The minimum atomic E-state index is -0.432. The van der Waals surface area contributed by atoms with E-state index in [2.05, 4.69) is 29.0 Å². The molecule has 1 aromatic heterocycles. The number of ether oxygens (including phenoxy) is 2. The minimum absolute atomic E-state index is 0.0945. The number of hydrogen-bond acceptors (Lipinski definition) is 5. The van der Waals surface area contributed by atoms with E-state index in [0.717, 1.165) is 37.7 Å². The summed E-state index contributed by atoms with van der Waals surface area (Å²) in [7, 11) is 0. The standard InChI is InChI=1S/C17H27N3O3/c1-13(2)12-23-14(3)17(21)19-11-15-4-5-16(18-10-15)20-6-8-22-9-7-20/h4-5,10,13-14H,6-9,11-12H2,1-3H3,(H,19,21)/t14-/m0/s1. The van der Waals surface area contributed by atoms with Crippen LogP contribution in [0.15, 0.2) is 18.3 Å². The first kappa shape index (κ1) is 17.7. The molecule has 0 aliphatic carbocycles. The van der Waals surface area contributed by atoms with Gasteiger partial charge in [0.1, 0.15) is 11.9 Å². The van der Waals surface area contributed by atoms with Crippen LogP contribution >= 0.6 is 0 Å². The van der Waals surface area contributed by atoms with Gasteiger partial charge in [0, 0.05) is 32.4 Å². The van der Waals surface area contributed by atoms with Crippen molar-refractivity contribution in [1.29, 1.82) is 0 Å². The van der Waals surface area contributed by atoms with E-state index < -0.39 is 6.10 Å². The second-order valence-electron chi connectivity index (χ2n) is 6.21. The molecule has 1 saturated heterocycles. The van der Waals surface area contributed by atoms with Crippen molar-refractivity contribution in [2.75, 3.05) is 37.8 Å². The number of carbonyl (C=O) groups excluding carboxylic acids is 1. The van der Waals surface area contributed by atoms with Gasteiger partial charge in [0.2, 0.25) is 5.91 Å². The quantitative estimate of drug-likeness (QED) is 0.826. The van der Waals surface area contributed by atoms with Gasteiger partial charge in [-0.1, -0.05) is 19.9 Å². The number of morpholine rings is 1. The van der Waals surface area contributed by atoms with Gasteiger partial charge in [-0.3, -0.25) is 4.79 Å². The normalized spacial score (nSPS) is 16.4. The van der Waals surface area contributed by atoms with Crippen molar-refractivity contribution in [2.45, 2.75) is 33.4 Å². The van der Waals surface area contributed by atoms with E-state index in [1.807, 2.05) is 18.3 Å². The zero-order valence-corrected chi connectivity index (χ0v) is 14.2. The molecule has 1 N–H and O–H groups in total. The molecule has 0 unspecified atom stereocenters. The Kier molecular flexibility index (Phi) is 6.80. The maximum Gasteiger partial charge on any atom is 0.249 e. The molecule has 0 saturated carbocycles. The van der Waals surface area contributed by atoms with E-state index in [1.165, 1.54) is 0 Å². The molecule has 2 heterocycles. The van der Waals surface area contributed by atoms with Crippen molar-refractivity contribution in [2.24, 2.45) is 5.92 Å². The van der Waals surface area contributed by atoms with Gasteiger partial charge >= 0.3 is 0 Å². The van der Waals surface area contributed by atoms with Crippen LogP contribution in [0.1, 0.15) is 26.3 Å². The molecule has 1 atom stereocenters. The number of rotatable bonds is 7. The van der Waals surface area contributed by atoms with Crippen molar-refractivity contribution in [3.05, 3.63) is 23.9 Å². The molecule has 2 rings (SSSR count). The highest BCUT2D eigenvalue weighted by atomic mass is 16.5. The van der Waals surface area contributed by atoms with Crippen LogP contribution in [0.5, 0.6) is 0 Å². The van der Waals surface area contributed by atoms with Gasteiger partial charge in [-0.2, -0.15) is 0 Å². The van der Waals surface area contributed by atoms with E-state index >= 15 is 0 Å². The smallest absolute Gasteiger partial charge is 0.249 e. The fourth-order valence-corrected chi connectivity index (χ4v) is 2.25. The van der Waals surface area contributed by atoms with E-state index in [1.54, 1.807) is 6.92 Å². The summed E-state index contributed by atoms with van der Waals surface area (Å²) in [6.07, 6.45) is 1.38. The lowest BCUT2D eigenvalue weighted by Gasteiger charge is -2.27. The van der Waals surface area contributed by atoms with Crippen LogP contribution in [0.2, 0.25) is 0 Å². The van der Waals surface area contributed by atoms with E-state index in [0.29, 0.717) is 19.1 Å². The Morgan fingerprint density at radius 2 is 2.09 bits per heavy atom. The predicted octanol–water partition coefficient (Wildman–Crippen LogP) is 1.60. The number of nitrogens with one attached hydrogen (secondary N) is 1. The Bertz CT molecular complexity index is 484. The molecule has 0 bridgehead atoms. The summed E-state index contributed by atoms with van der Waals surface area (Å²) in [4.78, 5) is 18.6. The molecule has 1 aromatic rings. The van der Waals surface area contributed by atoms with E-state index in [4.69, 9.17) is 9.47 Å². The maximum atomic E-state index is 12.0. The van der Waals surface area contributed by atoms with Crippen LogP contribution in [-0.4, -0.2) is 49.9 Å². The Hall–Kier alpha value is -1.66. The van der Waals surface area contributed by atoms with Crippen molar-refractivity contribution in [3.63, 3.8) is 0 Å². The predicted molar refractivity (Wildman–Crippen MR) is 89.4 cm³/mol. The van der Waals surface area contributed by atoms with Crippen molar-refractivity contribution in [3.8, 4) is 0 Å². The molecule has 1 aliphatic rings. The second kappa shape index (κ2) is 8.84. The summed E-state index contributed by atoms with van der Waals surface area (Å²) in [6, 6.07) is 3.99. The minimum Gasteiger partial charge on any atom is -0.378 e. The van der Waals surface area contributed by atoms with Crippen LogP contribution in [-0.2, 0) is 20.8 Å². The van der Waals surface area contributed by atoms with Gasteiger partial charge in [0.05, 0.1) is 13.2 Å². The monoisotopic (exact) mass is 321 g/mol. The average Bonchev–Trinajstić information content (AvgIpc) is 2.58. The zero-order valence-electron chi connectivity index (χ0n) is 14.2. The number of pyridine rings is 1. The Balaban J connectivity index is 1.78. The number of amides is 1. The first-order chi connectivity index (χ1) is 11.1. The molecule has 6 heteroatoms. The number of aromatic nitrogens is 1. The molecule has 0 spiro atoms. The van der Waals surface area contributed by atoms with Crippen LogP contribution in [0.25, 0.3) is 0 Å². The molecular formula is C17H27N3O3. The van der Waals surface area contributed by atoms with Crippen molar-refractivity contribution >= 4 is 11.7 Å². The molecule has 1 amide bonds. The van der Waals surface area contributed by atoms with Crippen LogP contribution in [0, 0.1) is 5.92 Å². The second-order valence-corrected chi connectivity index (χ2v) is 6.21. The van der Waals surface area contributed by atoms with Crippen LogP contribution in [0.3, 0.4) is 0 Å². The summed E-state index contributed by atoms with van der Waals surface area (Å²) in [5.41, 5.74) is 0.978. The lowest BCUT2D eigenvalue weighted by atomic mass is 10.2. The van der Waals surface area contributed by atoms with Gasteiger partial charge in [0.25, 0.3) is 0 Å². The molecule has 23 heavy (non-hydrogen) atoms. The van der Waals surface area contributed by atoms with Crippen LogP contribution in [0.4, 0.5) is 5.82 Å².